The van der Waals surface area contributed by atoms with Crippen molar-refractivity contribution in [3.05, 3.63) is 65.6 Å². The molecule has 0 aliphatic rings. The number of ether oxygens (including phenoxy) is 3. The van der Waals surface area contributed by atoms with Crippen molar-refractivity contribution in [1.29, 1.82) is 0 Å². The lowest BCUT2D eigenvalue weighted by Gasteiger charge is -2.11. The minimum atomic E-state index is -0.787. The van der Waals surface area contributed by atoms with Crippen LogP contribution in [0.2, 0.25) is 0 Å². The van der Waals surface area contributed by atoms with Crippen LogP contribution in [0, 0.1) is 0 Å². The Morgan fingerprint density at radius 3 is 2.47 bits per heavy atom. The second kappa shape index (κ2) is 8.86. The number of rotatable bonds is 6. The lowest BCUT2D eigenvalue weighted by atomic mass is 10.1. The molecule has 154 valence electrons. The molecule has 0 aliphatic carbocycles. The number of amides is 1. The van der Waals surface area contributed by atoms with E-state index in [4.69, 9.17) is 4.74 Å². The molecule has 2 aromatic heterocycles. The fraction of sp³-hybridized carbons (Fsp3) is 0.150. The van der Waals surface area contributed by atoms with Gasteiger partial charge in [-0.3, -0.25) is 4.79 Å². The first kappa shape index (κ1) is 20.5. The van der Waals surface area contributed by atoms with Crippen molar-refractivity contribution in [1.82, 2.24) is 9.38 Å². The van der Waals surface area contributed by atoms with E-state index in [-0.39, 0.29) is 22.5 Å². The van der Waals surface area contributed by atoms with Gasteiger partial charge >= 0.3 is 17.9 Å². The normalized spacial score (nSPS) is 10.3. The number of esters is 3. The lowest BCUT2D eigenvalue weighted by Crippen LogP contribution is -2.22. The summed E-state index contributed by atoms with van der Waals surface area (Å²) in [7, 11) is 2.38. The molecule has 1 amide bonds. The van der Waals surface area contributed by atoms with Crippen LogP contribution in [-0.4, -0.2) is 54.0 Å². The molecule has 1 aromatic carbocycles. The highest BCUT2D eigenvalue weighted by molar-refractivity contribution is 6.04. The summed E-state index contributed by atoms with van der Waals surface area (Å²) in [6.45, 7) is -0.629. The SMILES string of the molecule is COC(=O)c1ccc(C(=O)OC)c(NC(=O)COC(=O)c2cn3ccccc3n2)c1. The monoisotopic (exact) mass is 411 g/mol. The van der Waals surface area contributed by atoms with Crippen LogP contribution >= 0.6 is 0 Å². The zero-order valence-corrected chi connectivity index (χ0v) is 16.1. The van der Waals surface area contributed by atoms with Gasteiger partial charge in [-0.2, -0.15) is 0 Å². The molecule has 0 radical (unpaired) electrons. The van der Waals surface area contributed by atoms with E-state index in [1.165, 1.54) is 38.6 Å². The van der Waals surface area contributed by atoms with Crippen LogP contribution in [0.4, 0.5) is 5.69 Å². The average molecular weight is 411 g/mol. The maximum Gasteiger partial charge on any atom is 0.359 e. The molecular formula is C20H17N3O7. The molecule has 0 atom stereocenters. The molecule has 0 bridgehead atoms. The highest BCUT2D eigenvalue weighted by Crippen LogP contribution is 2.20. The van der Waals surface area contributed by atoms with Crippen molar-refractivity contribution in [2.24, 2.45) is 0 Å². The molecule has 3 aromatic rings. The molecule has 30 heavy (non-hydrogen) atoms. The zero-order chi connectivity index (χ0) is 21.7. The third-order valence-corrected chi connectivity index (χ3v) is 4.03. The second-order valence-electron chi connectivity index (χ2n) is 5.96. The van der Waals surface area contributed by atoms with Gasteiger partial charge in [-0.05, 0) is 30.3 Å². The lowest BCUT2D eigenvalue weighted by molar-refractivity contribution is -0.119. The second-order valence-corrected chi connectivity index (χ2v) is 5.96. The fourth-order valence-corrected chi connectivity index (χ4v) is 2.60. The van der Waals surface area contributed by atoms with Gasteiger partial charge in [-0.15, -0.1) is 0 Å². The van der Waals surface area contributed by atoms with Gasteiger partial charge in [0.15, 0.2) is 12.3 Å². The van der Waals surface area contributed by atoms with E-state index in [1.54, 1.807) is 28.8 Å². The number of aromatic nitrogens is 2. The molecule has 2 heterocycles. The molecule has 1 N–H and O–H groups in total. The number of pyridine rings is 1. The molecule has 0 unspecified atom stereocenters. The number of fused-ring (bicyclic) bond motifs is 1. The Balaban J connectivity index is 1.70. The summed E-state index contributed by atoms with van der Waals surface area (Å²) in [5.41, 5.74) is 0.735. The molecule has 10 nitrogen and oxygen atoms in total. The van der Waals surface area contributed by atoms with Gasteiger partial charge in [0.2, 0.25) is 0 Å². The Morgan fingerprint density at radius 2 is 1.77 bits per heavy atom. The molecule has 0 saturated heterocycles. The summed E-state index contributed by atoms with van der Waals surface area (Å²) in [5, 5.41) is 2.43. The smallest absolute Gasteiger partial charge is 0.359 e. The predicted octanol–water partition coefficient (Wildman–Crippen LogP) is 1.70. The Labute approximate surface area is 170 Å². The van der Waals surface area contributed by atoms with Crippen molar-refractivity contribution in [3.8, 4) is 0 Å². The number of methoxy groups -OCH3 is 2. The molecule has 0 spiro atoms. The third-order valence-electron chi connectivity index (χ3n) is 4.03. The summed E-state index contributed by atoms with van der Waals surface area (Å²) in [6.07, 6.45) is 3.19. The summed E-state index contributed by atoms with van der Waals surface area (Å²) >= 11 is 0. The summed E-state index contributed by atoms with van der Waals surface area (Å²) in [5.74, 6) is -2.88. The zero-order valence-electron chi connectivity index (χ0n) is 16.1. The Kier molecular flexibility index (Phi) is 6.06. The first-order chi connectivity index (χ1) is 14.4. The van der Waals surface area contributed by atoms with Crippen LogP contribution in [0.5, 0.6) is 0 Å². The van der Waals surface area contributed by atoms with Gasteiger partial charge in [0, 0.05) is 12.4 Å². The first-order valence-electron chi connectivity index (χ1n) is 8.64. The van der Waals surface area contributed by atoms with Crippen molar-refractivity contribution in [2.75, 3.05) is 26.1 Å². The van der Waals surface area contributed by atoms with Gasteiger partial charge in [-0.1, -0.05) is 6.07 Å². The van der Waals surface area contributed by atoms with Crippen molar-refractivity contribution in [2.45, 2.75) is 0 Å². The first-order valence-corrected chi connectivity index (χ1v) is 8.64. The Hall–Kier alpha value is -4.21. The number of nitrogens with one attached hydrogen (secondary N) is 1. The number of imidazole rings is 1. The van der Waals surface area contributed by atoms with Crippen LogP contribution in [0.1, 0.15) is 31.2 Å². The molecule has 0 fully saturated rings. The minimum absolute atomic E-state index is 0.0125. The van der Waals surface area contributed by atoms with E-state index in [0.29, 0.717) is 5.65 Å². The molecule has 0 aliphatic heterocycles. The highest BCUT2D eigenvalue weighted by Gasteiger charge is 2.19. The molecule has 3 rings (SSSR count). The van der Waals surface area contributed by atoms with Crippen LogP contribution in [0.3, 0.4) is 0 Å². The summed E-state index contributed by atoms with van der Waals surface area (Å²) in [4.78, 5) is 52.2. The van der Waals surface area contributed by atoms with Crippen molar-refractivity contribution in [3.63, 3.8) is 0 Å². The topological polar surface area (TPSA) is 125 Å². The number of carbonyl (C=O) groups is 4. The van der Waals surface area contributed by atoms with Gasteiger partial charge in [0.25, 0.3) is 5.91 Å². The van der Waals surface area contributed by atoms with E-state index in [0.717, 1.165) is 0 Å². The van der Waals surface area contributed by atoms with Gasteiger partial charge in [-0.25, -0.2) is 19.4 Å². The molecule has 10 heteroatoms. The minimum Gasteiger partial charge on any atom is -0.465 e. The van der Waals surface area contributed by atoms with E-state index in [2.05, 4.69) is 19.8 Å². The van der Waals surface area contributed by atoms with Crippen molar-refractivity contribution >= 4 is 35.1 Å². The Bertz CT molecular complexity index is 1100. The highest BCUT2D eigenvalue weighted by atomic mass is 16.5. The number of carbonyl (C=O) groups excluding carboxylic acids is 4. The number of hydrogen-bond donors (Lipinski definition) is 1. The number of anilines is 1. The van der Waals surface area contributed by atoms with E-state index in [1.807, 2.05) is 0 Å². The summed E-state index contributed by atoms with van der Waals surface area (Å²) < 4.78 is 15.9. The van der Waals surface area contributed by atoms with Crippen molar-refractivity contribution < 1.29 is 33.4 Å². The predicted molar refractivity (Wildman–Crippen MR) is 103 cm³/mol. The average Bonchev–Trinajstić information content (AvgIpc) is 3.20. The number of hydrogen-bond acceptors (Lipinski definition) is 8. The van der Waals surface area contributed by atoms with Crippen LogP contribution in [0.25, 0.3) is 5.65 Å². The largest absolute Gasteiger partial charge is 0.465 e. The van der Waals surface area contributed by atoms with E-state index in [9.17, 15) is 19.2 Å². The van der Waals surface area contributed by atoms with Gasteiger partial charge in [0.05, 0.1) is 31.0 Å². The maximum absolute atomic E-state index is 12.3. The number of nitrogens with zero attached hydrogens (tertiary/aromatic N) is 2. The third kappa shape index (κ3) is 4.43. The van der Waals surface area contributed by atoms with Crippen LogP contribution in [-0.2, 0) is 19.0 Å². The van der Waals surface area contributed by atoms with E-state index < -0.39 is 30.4 Å². The van der Waals surface area contributed by atoms with Crippen LogP contribution in [0.15, 0.2) is 48.8 Å². The molecule has 0 saturated carbocycles. The molecular weight excluding hydrogens is 394 g/mol. The van der Waals surface area contributed by atoms with Crippen LogP contribution < -0.4 is 5.32 Å². The maximum atomic E-state index is 12.3. The Morgan fingerprint density at radius 1 is 1.00 bits per heavy atom. The van der Waals surface area contributed by atoms with Gasteiger partial charge in [0.1, 0.15) is 5.65 Å². The quantitative estimate of drug-likeness (QED) is 0.480. The van der Waals surface area contributed by atoms with Gasteiger partial charge < -0.3 is 23.9 Å². The number of benzene rings is 1. The standard InChI is InChI=1S/C20H17N3O7/c1-28-18(25)12-6-7-13(19(26)29-2)14(9-12)22-17(24)11-30-20(27)15-10-23-8-4-3-5-16(23)21-15/h3-10H,11H2,1-2H3,(H,22,24). The van der Waals surface area contributed by atoms with E-state index >= 15 is 0 Å². The summed E-state index contributed by atoms with van der Waals surface area (Å²) in [6, 6.07) is 9.20. The fourth-order valence-electron chi connectivity index (χ4n) is 2.60.